The van der Waals surface area contributed by atoms with Crippen LogP contribution in [0, 0.1) is 17.0 Å². The molecule has 1 aliphatic rings. The molecule has 2 N–H and O–H groups in total. The van der Waals surface area contributed by atoms with Crippen LogP contribution in [0.4, 0.5) is 5.69 Å². The molecule has 1 aliphatic heterocycles. The number of aryl methyl sites for hydroxylation is 1. The van der Waals surface area contributed by atoms with E-state index in [1.807, 2.05) is 11.8 Å². The standard InChI is InChI=1S/C15H21N3O3.ClH/c1-10-9-12(18(20)21)6-7-13(10)15(19)17-8-4-3-5-14(17)11(2)16;/h6-7,9,11,14H,3-5,8,16H2,1-2H3;1H. The van der Waals surface area contributed by atoms with E-state index >= 15 is 0 Å². The Morgan fingerprint density at radius 3 is 2.68 bits per heavy atom. The molecule has 2 rings (SSSR count). The molecule has 6 nitrogen and oxygen atoms in total. The highest BCUT2D eigenvalue weighted by atomic mass is 35.5. The molecule has 2 unspecified atom stereocenters. The molecular weight excluding hydrogens is 306 g/mol. The van der Waals surface area contributed by atoms with Crippen molar-refractivity contribution in [2.75, 3.05) is 6.54 Å². The maximum Gasteiger partial charge on any atom is 0.269 e. The minimum absolute atomic E-state index is 0. The Kier molecular flexibility index (Phi) is 6.32. The number of nitrogens with zero attached hydrogens (tertiary/aromatic N) is 2. The first-order valence-electron chi connectivity index (χ1n) is 7.23. The van der Waals surface area contributed by atoms with Crippen molar-refractivity contribution in [1.29, 1.82) is 0 Å². The van der Waals surface area contributed by atoms with Gasteiger partial charge < -0.3 is 10.6 Å². The zero-order valence-electron chi connectivity index (χ0n) is 12.8. The van der Waals surface area contributed by atoms with Gasteiger partial charge in [0.1, 0.15) is 0 Å². The van der Waals surface area contributed by atoms with Gasteiger partial charge in [-0.05, 0) is 44.7 Å². The highest BCUT2D eigenvalue weighted by molar-refractivity contribution is 5.96. The zero-order valence-corrected chi connectivity index (χ0v) is 13.6. The van der Waals surface area contributed by atoms with E-state index in [-0.39, 0.29) is 36.1 Å². The predicted molar refractivity (Wildman–Crippen MR) is 87.4 cm³/mol. The lowest BCUT2D eigenvalue weighted by atomic mass is 9.95. The quantitative estimate of drug-likeness (QED) is 0.682. The van der Waals surface area contributed by atoms with E-state index in [1.54, 1.807) is 13.0 Å². The molecular formula is C15H22ClN3O3. The van der Waals surface area contributed by atoms with E-state index in [2.05, 4.69) is 0 Å². The number of carbonyl (C=O) groups excluding carboxylic acids is 1. The van der Waals surface area contributed by atoms with Crippen LogP contribution < -0.4 is 5.73 Å². The van der Waals surface area contributed by atoms with Crippen molar-refractivity contribution in [1.82, 2.24) is 4.90 Å². The highest BCUT2D eigenvalue weighted by Gasteiger charge is 2.30. The summed E-state index contributed by atoms with van der Waals surface area (Å²) < 4.78 is 0. The topological polar surface area (TPSA) is 89.5 Å². The maximum absolute atomic E-state index is 12.7. The van der Waals surface area contributed by atoms with Gasteiger partial charge in [0.25, 0.3) is 11.6 Å². The molecule has 1 heterocycles. The van der Waals surface area contributed by atoms with Gasteiger partial charge in [0.2, 0.25) is 0 Å². The second-order valence-corrected chi connectivity index (χ2v) is 5.68. The van der Waals surface area contributed by atoms with Gasteiger partial charge in [-0.2, -0.15) is 0 Å². The fourth-order valence-corrected chi connectivity index (χ4v) is 2.91. The van der Waals surface area contributed by atoms with Crippen molar-refractivity contribution in [2.45, 2.75) is 45.2 Å². The van der Waals surface area contributed by atoms with Gasteiger partial charge in [0.05, 0.1) is 4.92 Å². The van der Waals surface area contributed by atoms with Crippen LogP contribution in [0.2, 0.25) is 0 Å². The fraction of sp³-hybridized carbons (Fsp3) is 0.533. The zero-order chi connectivity index (χ0) is 15.6. The Hall–Kier alpha value is -1.66. The summed E-state index contributed by atoms with van der Waals surface area (Å²) in [7, 11) is 0. The van der Waals surface area contributed by atoms with Crippen molar-refractivity contribution in [3.8, 4) is 0 Å². The number of hydrogen-bond acceptors (Lipinski definition) is 4. The van der Waals surface area contributed by atoms with Crippen LogP contribution in [0.1, 0.15) is 42.1 Å². The van der Waals surface area contributed by atoms with Gasteiger partial charge in [0.15, 0.2) is 0 Å². The van der Waals surface area contributed by atoms with Crippen molar-refractivity contribution in [2.24, 2.45) is 5.73 Å². The number of nitro benzene ring substituents is 1. The second kappa shape index (κ2) is 7.56. The minimum Gasteiger partial charge on any atom is -0.334 e. The van der Waals surface area contributed by atoms with E-state index < -0.39 is 4.92 Å². The summed E-state index contributed by atoms with van der Waals surface area (Å²) in [6.07, 6.45) is 2.96. The number of nitro groups is 1. The maximum atomic E-state index is 12.7. The van der Waals surface area contributed by atoms with Crippen molar-refractivity contribution in [3.63, 3.8) is 0 Å². The van der Waals surface area contributed by atoms with Crippen molar-refractivity contribution >= 4 is 24.0 Å². The lowest BCUT2D eigenvalue weighted by Gasteiger charge is -2.38. The van der Waals surface area contributed by atoms with E-state index in [9.17, 15) is 14.9 Å². The first-order chi connectivity index (χ1) is 9.91. The van der Waals surface area contributed by atoms with E-state index in [4.69, 9.17) is 5.73 Å². The Morgan fingerprint density at radius 1 is 1.45 bits per heavy atom. The van der Waals surface area contributed by atoms with E-state index in [0.29, 0.717) is 17.7 Å². The molecule has 0 aromatic heterocycles. The average molecular weight is 328 g/mol. The molecule has 2 atom stereocenters. The van der Waals surface area contributed by atoms with Crippen LogP contribution in [-0.4, -0.2) is 34.4 Å². The largest absolute Gasteiger partial charge is 0.334 e. The second-order valence-electron chi connectivity index (χ2n) is 5.68. The Morgan fingerprint density at radius 2 is 2.14 bits per heavy atom. The lowest BCUT2D eigenvalue weighted by Crippen LogP contribution is -2.51. The number of likely N-dealkylation sites (tertiary alicyclic amines) is 1. The number of carbonyl (C=O) groups is 1. The smallest absolute Gasteiger partial charge is 0.269 e. The normalized spacial score (nSPS) is 19.2. The molecule has 1 saturated heterocycles. The van der Waals surface area contributed by atoms with Crippen LogP contribution in [-0.2, 0) is 0 Å². The van der Waals surface area contributed by atoms with Crippen LogP contribution in [0.15, 0.2) is 18.2 Å². The van der Waals surface area contributed by atoms with Gasteiger partial charge in [-0.3, -0.25) is 14.9 Å². The molecule has 0 bridgehead atoms. The summed E-state index contributed by atoms with van der Waals surface area (Å²) in [6.45, 7) is 4.34. The molecule has 1 fully saturated rings. The summed E-state index contributed by atoms with van der Waals surface area (Å²) >= 11 is 0. The lowest BCUT2D eigenvalue weighted by molar-refractivity contribution is -0.384. The SMILES string of the molecule is Cc1cc([N+](=O)[O-])ccc1C(=O)N1CCCCC1C(C)N.Cl. The van der Waals surface area contributed by atoms with Gasteiger partial charge >= 0.3 is 0 Å². The van der Waals surface area contributed by atoms with Gasteiger partial charge in [-0.1, -0.05) is 0 Å². The van der Waals surface area contributed by atoms with Gasteiger partial charge in [0, 0.05) is 36.3 Å². The van der Waals surface area contributed by atoms with E-state index in [0.717, 1.165) is 19.3 Å². The number of nitrogens with two attached hydrogens (primary N) is 1. The fourth-order valence-electron chi connectivity index (χ4n) is 2.91. The highest BCUT2D eigenvalue weighted by Crippen LogP contribution is 2.24. The first-order valence-corrected chi connectivity index (χ1v) is 7.23. The van der Waals surface area contributed by atoms with Gasteiger partial charge in [-0.25, -0.2) is 0 Å². The van der Waals surface area contributed by atoms with E-state index in [1.165, 1.54) is 12.1 Å². The number of benzene rings is 1. The first kappa shape index (κ1) is 18.4. The van der Waals surface area contributed by atoms with Crippen molar-refractivity contribution in [3.05, 3.63) is 39.4 Å². The molecule has 0 radical (unpaired) electrons. The minimum atomic E-state index is -0.451. The Balaban J connectivity index is 0.00000242. The average Bonchev–Trinajstić information content (AvgIpc) is 2.46. The molecule has 1 aromatic rings. The molecule has 22 heavy (non-hydrogen) atoms. The predicted octanol–water partition coefficient (Wildman–Crippen LogP) is 2.67. The molecule has 1 aromatic carbocycles. The van der Waals surface area contributed by atoms with Crippen molar-refractivity contribution < 1.29 is 9.72 Å². The molecule has 1 amide bonds. The summed E-state index contributed by atoms with van der Waals surface area (Å²) in [6, 6.07) is 4.33. The summed E-state index contributed by atoms with van der Waals surface area (Å²) in [5.41, 5.74) is 7.15. The summed E-state index contributed by atoms with van der Waals surface area (Å²) in [5, 5.41) is 10.8. The Labute approximate surface area is 136 Å². The van der Waals surface area contributed by atoms with Crippen LogP contribution >= 0.6 is 12.4 Å². The van der Waals surface area contributed by atoms with Crippen LogP contribution in [0.25, 0.3) is 0 Å². The summed E-state index contributed by atoms with van der Waals surface area (Å²) in [5.74, 6) is -0.0793. The third-order valence-corrected chi connectivity index (χ3v) is 4.07. The number of piperidine rings is 1. The Bertz CT molecular complexity index is 563. The monoisotopic (exact) mass is 327 g/mol. The number of hydrogen-bond donors (Lipinski definition) is 1. The van der Waals surface area contributed by atoms with Crippen LogP contribution in [0.5, 0.6) is 0 Å². The third kappa shape index (κ3) is 3.75. The summed E-state index contributed by atoms with van der Waals surface area (Å²) in [4.78, 5) is 24.9. The number of halogens is 1. The number of rotatable bonds is 3. The van der Waals surface area contributed by atoms with Gasteiger partial charge in [-0.15, -0.1) is 12.4 Å². The molecule has 0 saturated carbocycles. The molecule has 7 heteroatoms. The van der Waals surface area contributed by atoms with Crippen LogP contribution in [0.3, 0.4) is 0 Å². The molecule has 0 aliphatic carbocycles. The number of amides is 1. The molecule has 0 spiro atoms. The third-order valence-electron chi connectivity index (χ3n) is 4.07. The molecule has 122 valence electrons. The number of non-ortho nitro benzene ring substituents is 1.